The Balaban J connectivity index is 1.59. The van der Waals surface area contributed by atoms with Crippen molar-refractivity contribution in [2.75, 3.05) is 26.8 Å². The maximum Gasteiger partial charge on any atom is 0.345 e. The van der Waals surface area contributed by atoms with Crippen LogP contribution >= 0.6 is 0 Å². The minimum atomic E-state index is -2.68. The van der Waals surface area contributed by atoms with Gasteiger partial charge in [-0.15, -0.1) is 0 Å². The smallest absolute Gasteiger partial charge is 0.345 e. The van der Waals surface area contributed by atoms with Crippen molar-refractivity contribution in [3.05, 3.63) is 30.0 Å². The lowest BCUT2D eigenvalue weighted by atomic mass is 10.0. The molecule has 0 spiro atoms. The van der Waals surface area contributed by atoms with Gasteiger partial charge in [-0.2, -0.15) is 8.78 Å². The first-order valence-corrected chi connectivity index (χ1v) is 7.45. The zero-order valence-corrected chi connectivity index (χ0v) is 12.5. The molecule has 1 N–H and O–H groups in total. The lowest BCUT2D eigenvalue weighted by molar-refractivity contribution is -0.150. The van der Waals surface area contributed by atoms with Crippen LogP contribution in [-0.2, 0) is 11.2 Å². The van der Waals surface area contributed by atoms with E-state index in [0.717, 1.165) is 42.6 Å². The topological polar surface area (TPSA) is 37.5 Å². The molecule has 1 atom stereocenters. The van der Waals surface area contributed by atoms with E-state index in [0.29, 0.717) is 0 Å². The molecule has 3 rings (SSSR count). The summed E-state index contributed by atoms with van der Waals surface area (Å²) in [6.45, 7) is -0.771. The summed E-state index contributed by atoms with van der Waals surface area (Å²) in [7, 11) is 1.65. The first-order valence-electron chi connectivity index (χ1n) is 7.45. The third kappa shape index (κ3) is 3.23. The number of rotatable bonds is 7. The zero-order valence-electron chi connectivity index (χ0n) is 12.5. The quantitative estimate of drug-likeness (QED) is 0.854. The lowest BCUT2D eigenvalue weighted by Gasteiger charge is -2.40. The van der Waals surface area contributed by atoms with Crippen LogP contribution in [0.1, 0.15) is 12.0 Å². The van der Waals surface area contributed by atoms with E-state index in [-0.39, 0.29) is 12.6 Å². The summed E-state index contributed by atoms with van der Waals surface area (Å²) in [5, 5.41) is 1.15. The Morgan fingerprint density at radius 1 is 1.41 bits per heavy atom. The molecule has 0 aliphatic carbocycles. The summed E-state index contributed by atoms with van der Waals surface area (Å²) in [5.41, 5.74) is 2.30. The van der Waals surface area contributed by atoms with Gasteiger partial charge in [0.05, 0.1) is 13.7 Å². The SMILES string of the molecule is COc1ccc2[nH]cc(CCN3CC[C@H]3COC(F)F)c2c1. The Kier molecular flexibility index (Phi) is 4.59. The number of alkyl halides is 2. The molecule has 1 aliphatic rings. The number of nitrogens with zero attached hydrogens (tertiary/aromatic N) is 1. The van der Waals surface area contributed by atoms with E-state index in [4.69, 9.17) is 4.74 Å². The first-order chi connectivity index (χ1) is 10.7. The van der Waals surface area contributed by atoms with Crippen molar-refractivity contribution in [1.82, 2.24) is 9.88 Å². The normalized spacial score (nSPS) is 18.8. The maximum atomic E-state index is 12.1. The van der Waals surface area contributed by atoms with Crippen molar-refractivity contribution in [2.24, 2.45) is 0 Å². The monoisotopic (exact) mass is 310 g/mol. The highest BCUT2D eigenvalue weighted by molar-refractivity contribution is 5.84. The molecular formula is C16H20F2N2O2. The van der Waals surface area contributed by atoms with Crippen molar-refractivity contribution in [1.29, 1.82) is 0 Å². The summed E-state index contributed by atoms with van der Waals surface area (Å²) in [4.78, 5) is 5.45. The summed E-state index contributed by atoms with van der Waals surface area (Å²) < 4.78 is 33.8. The molecule has 0 bridgehead atoms. The first kappa shape index (κ1) is 15.2. The third-order valence-corrected chi connectivity index (χ3v) is 4.32. The van der Waals surface area contributed by atoms with E-state index in [9.17, 15) is 8.78 Å². The second-order valence-corrected chi connectivity index (χ2v) is 5.55. The van der Waals surface area contributed by atoms with E-state index in [1.54, 1.807) is 7.11 Å². The third-order valence-electron chi connectivity index (χ3n) is 4.32. The number of halogens is 2. The van der Waals surface area contributed by atoms with Gasteiger partial charge in [0.2, 0.25) is 0 Å². The molecule has 0 amide bonds. The van der Waals surface area contributed by atoms with Crippen molar-refractivity contribution in [3.63, 3.8) is 0 Å². The molecule has 120 valence electrons. The molecule has 0 saturated carbocycles. The number of hydrogen-bond donors (Lipinski definition) is 1. The molecule has 1 aromatic carbocycles. The van der Waals surface area contributed by atoms with Crippen LogP contribution in [0.5, 0.6) is 5.75 Å². The molecule has 1 fully saturated rings. The van der Waals surface area contributed by atoms with E-state index < -0.39 is 6.61 Å². The van der Waals surface area contributed by atoms with Crippen LogP contribution in [0.4, 0.5) is 8.78 Å². The van der Waals surface area contributed by atoms with E-state index in [1.807, 2.05) is 24.4 Å². The number of aromatic amines is 1. The molecular weight excluding hydrogens is 290 g/mol. The van der Waals surface area contributed by atoms with Gasteiger partial charge < -0.3 is 14.5 Å². The predicted octanol–water partition coefficient (Wildman–Crippen LogP) is 3.03. The summed E-state index contributed by atoms with van der Waals surface area (Å²) >= 11 is 0. The predicted molar refractivity (Wildman–Crippen MR) is 80.5 cm³/mol. The number of fused-ring (bicyclic) bond motifs is 1. The number of hydrogen-bond acceptors (Lipinski definition) is 3. The minimum Gasteiger partial charge on any atom is -0.497 e. The number of likely N-dealkylation sites (tertiary alicyclic amines) is 1. The largest absolute Gasteiger partial charge is 0.497 e. The number of methoxy groups -OCH3 is 1. The zero-order chi connectivity index (χ0) is 15.5. The van der Waals surface area contributed by atoms with Gasteiger partial charge in [0.25, 0.3) is 0 Å². The van der Waals surface area contributed by atoms with Crippen LogP contribution in [0.3, 0.4) is 0 Å². The molecule has 0 unspecified atom stereocenters. The van der Waals surface area contributed by atoms with Crippen LogP contribution < -0.4 is 4.74 Å². The van der Waals surface area contributed by atoms with Gasteiger partial charge in [-0.05, 0) is 36.6 Å². The Hall–Kier alpha value is -1.66. The molecule has 1 aliphatic heterocycles. The lowest BCUT2D eigenvalue weighted by Crippen LogP contribution is -2.51. The fourth-order valence-corrected chi connectivity index (χ4v) is 2.92. The van der Waals surface area contributed by atoms with Crippen LogP contribution in [0, 0.1) is 0 Å². The number of nitrogens with one attached hydrogen (secondary N) is 1. The highest BCUT2D eigenvalue weighted by atomic mass is 19.3. The molecule has 4 nitrogen and oxygen atoms in total. The fraction of sp³-hybridized carbons (Fsp3) is 0.500. The fourth-order valence-electron chi connectivity index (χ4n) is 2.92. The number of benzene rings is 1. The van der Waals surface area contributed by atoms with Crippen LogP contribution in [0.25, 0.3) is 10.9 Å². The average Bonchev–Trinajstić information content (AvgIpc) is 2.88. The van der Waals surface area contributed by atoms with Gasteiger partial charge in [0, 0.05) is 36.2 Å². The summed E-state index contributed by atoms with van der Waals surface area (Å²) in [5.74, 6) is 0.834. The molecule has 0 radical (unpaired) electrons. The Morgan fingerprint density at radius 2 is 2.27 bits per heavy atom. The van der Waals surface area contributed by atoms with Gasteiger partial charge in [-0.3, -0.25) is 4.90 Å². The van der Waals surface area contributed by atoms with Crippen molar-refractivity contribution < 1.29 is 18.3 Å². The minimum absolute atomic E-state index is 0.110. The molecule has 2 heterocycles. The van der Waals surface area contributed by atoms with Crippen LogP contribution in [0.2, 0.25) is 0 Å². The number of ether oxygens (including phenoxy) is 2. The number of aromatic nitrogens is 1. The molecule has 22 heavy (non-hydrogen) atoms. The molecule has 1 aromatic heterocycles. The number of H-pyrrole nitrogens is 1. The van der Waals surface area contributed by atoms with Gasteiger partial charge in [-0.1, -0.05) is 0 Å². The van der Waals surface area contributed by atoms with Gasteiger partial charge >= 0.3 is 6.61 Å². The second kappa shape index (κ2) is 6.62. The van der Waals surface area contributed by atoms with E-state index in [1.165, 1.54) is 5.56 Å². The Bertz CT molecular complexity index is 630. The van der Waals surface area contributed by atoms with Gasteiger partial charge in [0.1, 0.15) is 5.75 Å². The molecule has 2 aromatic rings. The van der Waals surface area contributed by atoms with Gasteiger partial charge in [-0.25, -0.2) is 0 Å². The van der Waals surface area contributed by atoms with Crippen LogP contribution in [-0.4, -0.2) is 49.3 Å². The highest BCUT2D eigenvalue weighted by Gasteiger charge is 2.28. The molecule has 1 saturated heterocycles. The average molecular weight is 310 g/mol. The van der Waals surface area contributed by atoms with Crippen molar-refractivity contribution in [2.45, 2.75) is 25.5 Å². The van der Waals surface area contributed by atoms with Crippen LogP contribution in [0.15, 0.2) is 24.4 Å². The Labute approximate surface area is 128 Å². The highest BCUT2D eigenvalue weighted by Crippen LogP contribution is 2.25. The maximum absolute atomic E-state index is 12.1. The van der Waals surface area contributed by atoms with Crippen molar-refractivity contribution >= 4 is 10.9 Å². The molecule has 6 heteroatoms. The van der Waals surface area contributed by atoms with Gasteiger partial charge in [0.15, 0.2) is 0 Å². The van der Waals surface area contributed by atoms with E-state index >= 15 is 0 Å². The summed E-state index contributed by atoms with van der Waals surface area (Å²) in [6, 6.07) is 6.07. The summed E-state index contributed by atoms with van der Waals surface area (Å²) in [6.07, 6.45) is 3.81. The van der Waals surface area contributed by atoms with Crippen molar-refractivity contribution in [3.8, 4) is 5.75 Å². The standard InChI is InChI=1S/C16H20F2N2O2/c1-21-13-2-3-15-14(8-13)11(9-19-15)4-6-20-7-5-12(20)10-22-16(17)18/h2-3,8-9,12,16,19H,4-7,10H2,1H3/t12-/m0/s1. The second-order valence-electron chi connectivity index (χ2n) is 5.55. The Morgan fingerprint density at radius 3 is 2.95 bits per heavy atom. The van der Waals surface area contributed by atoms with E-state index in [2.05, 4.69) is 14.6 Å².